The van der Waals surface area contributed by atoms with E-state index >= 15 is 0 Å². The van der Waals surface area contributed by atoms with Crippen molar-refractivity contribution in [1.82, 2.24) is 19.9 Å². The maximum Gasteiger partial charge on any atom is 0.227 e. The number of carbonyl (C=O) groups is 1. The van der Waals surface area contributed by atoms with E-state index in [1.54, 1.807) is 28.5 Å². The summed E-state index contributed by atoms with van der Waals surface area (Å²) in [4.78, 5) is 15.7. The van der Waals surface area contributed by atoms with Crippen LogP contribution in [0.25, 0.3) is 0 Å². The number of hydrogen-bond donors (Lipinski definition) is 0. The fourth-order valence-corrected chi connectivity index (χ4v) is 2.92. The summed E-state index contributed by atoms with van der Waals surface area (Å²) in [6, 6.07) is 2.23. The normalized spacial score (nSPS) is 19.3. The first kappa shape index (κ1) is 11.4. The van der Waals surface area contributed by atoms with Gasteiger partial charge in [-0.2, -0.15) is 26.3 Å². The van der Waals surface area contributed by atoms with Gasteiger partial charge < -0.3 is 4.90 Å². The highest BCUT2D eigenvalue weighted by atomic mass is 32.1. The van der Waals surface area contributed by atoms with Gasteiger partial charge in [0.25, 0.3) is 0 Å². The van der Waals surface area contributed by atoms with Gasteiger partial charge in [-0.15, -0.1) is 0 Å². The molecule has 0 N–H and O–H groups in total. The zero-order valence-corrected chi connectivity index (χ0v) is 10.7. The van der Waals surface area contributed by atoms with E-state index in [-0.39, 0.29) is 11.9 Å². The zero-order valence-electron chi connectivity index (χ0n) is 9.90. The third-order valence-corrected chi connectivity index (χ3v) is 3.95. The zero-order chi connectivity index (χ0) is 12.4. The van der Waals surface area contributed by atoms with Gasteiger partial charge in [0, 0.05) is 13.1 Å². The second-order valence-electron chi connectivity index (χ2n) is 4.44. The summed E-state index contributed by atoms with van der Waals surface area (Å²) in [6.07, 6.45) is 4.79. The summed E-state index contributed by atoms with van der Waals surface area (Å²) < 4.78 is 0. The van der Waals surface area contributed by atoms with Crippen molar-refractivity contribution in [2.75, 3.05) is 13.1 Å². The summed E-state index contributed by atoms with van der Waals surface area (Å²) in [5.41, 5.74) is 1.10. The Morgan fingerprint density at radius 3 is 3.00 bits per heavy atom. The van der Waals surface area contributed by atoms with Gasteiger partial charge in [-0.1, -0.05) is 0 Å². The summed E-state index contributed by atoms with van der Waals surface area (Å²) in [5, 5.41) is 12.3. The van der Waals surface area contributed by atoms with Crippen molar-refractivity contribution in [3.8, 4) is 0 Å². The van der Waals surface area contributed by atoms with Gasteiger partial charge in [0.05, 0.1) is 24.9 Å². The van der Waals surface area contributed by atoms with Gasteiger partial charge in [-0.25, -0.2) is 0 Å². The molecule has 0 aliphatic carbocycles. The lowest BCUT2D eigenvalue weighted by Gasteiger charge is -2.15. The molecule has 0 saturated carbocycles. The maximum atomic E-state index is 12.1. The number of nitrogens with zero attached hydrogens (tertiary/aromatic N) is 4. The smallest absolute Gasteiger partial charge is 0.227 e. The minimum Gasteiger partial charge on any atom is -0.340 e. The largest absolute Gasteiger partial charge is 0.340 e. The molecular formula is C12H14N4OS. The van der Waals surface area contributed by atoms with Crippen LogP contribution in [0.1, 0.15) is 18.0 Å². The van der Waals surface area contributed by atoms with Crippen LogP contribution in [-0.4, -0.2) is 38.9 Å². The van der Waals surface area contributed by atoms with Gasteiger partial charge >= 0.3 is 0 Å². The van der Waals surface area contributed by atoms with Crippen LogP contribution in [0, 0.1) is 0 Å². The van der Waals surface area contributed by atoms with Crippen LogP contribution in [0.15, 0.2) is 29.2 Å². The lowest BCUT2D eigenvalue weighted by atomic mass is 10.2. The molecule has 5 nitrogen and oxygen atoms in total. The summed E-state index contributed by atoms with van der Waals surface area (Å²) in [7, 11) is 0. The monoisotopic (exact) mass is 262 g/mol. The molecule has 1 aliphatic rings. The molecule has 1 fully saturated rings. The molecule has 0 unspecified atom stereocenters. The first-order valence-corrected chi connectivity index (χ1v) is 6.92. The third kappa shape index (κ3) is 2.28. The SMILES string of the molecule is O=C(Cc1ccsc1)N1CC[C@H](n2nccn2)C1. The Balaban J connectivity index is 1.60. The Hall–Kier alpha value is -1.69. The lowest BCUT2D eigenvalue weighted by molar-refractivity contribution is -0.129. The van der Waals surface area contributed by atoms with Gasteiger partial charge in [0.1, 0.15) is 0 Å². The summed E-state index contributed by atoms with van der Waals surface area (Å²) in [6.45, 7) is 1.52. The van der Waals surface area contributed by atoms with Crippen LogP contribution >= 0.6 is 11.3 Å². The van der Waals surface area contributed by atoms with Crippen molar-refractivity contribution < 1.29 is 4.79 Å². The molecule has 2 aromatic heterocycles. The fourth-order valence-electron chi connectivity index (χ4n) is 2.25. The van der Waals surface area contributed by atoms with E-state index in [4.69, 9.17) is 0 Å². The molecule has 1 amide bonds. The Bertz CT molecular complexity index is 508. The van der Waals surface area contributed by atoms with E-state index in [1.807, 2.05) is 21.7 Å². The number of hydrogen-bond acceptors (Lipinski definition) is 4. The molecule has 0 bridgehead atoms. The predicted octanol–water partition coefficient (Wildman–Crippen LogP) is 1.36. The number of aromatic nitrogens is 3. The van der Waals surface area contributed by atoms with Crippen molar-refractivity contribution in [3.05, 3.63) is 34.8 Å². The van der Waals surface area contributed by atoms with E-state index in [1.165, 1.54) is 0 Å². The van der Waals surface area contributed by atoms with Crippen LogP contribution in [-0.2, 0) is 11.2 Å². The van der Waals surface area contributed by atoms with E-state index in [0.717, 1.165) is 25.1 Å². The quantitative estimate of drug-likeness (QED) is 0.839. The standard InChI is InChI=1S/C12H14N4OS/c17-12(7-10-2-6-18-9-10)15-5-1-11(8-15)16-13-3-4-14-16/h2-4,6,9,11H,1,5,7-8H2/t11-/m0/s1. The van der Waals surface area contributed by atoms with E-state index in [0.29, 0.717) is 6.42 Å². The highest BCUT2D eigenvalue weighted by Gasteiger charge is 2.28. The van der Waals surface area contributed by atoms with Gasteiger partial charge in [-0.3, -0.25) is 4.79 Å². The van der Waals surface area contributed by atoms with Crippen LogP contribution in [0.5, 0.6) is 0 Å². The van der Waals surface area contributed by atoms with Crippen molar-refractivity contribution in [3.63, 3.8) is 0 Å². The Kier molecular flexibility index (Phi) is 3.10. The number of rotatable bonds is 3. The van der Waals surface area contributed by atoms with Crippen LogP contribution in [0.2, 0.25) is 0 Å². The average Bonchev–Trinajstić information content (AvgIpc) is 3.11. The third-order valence-electron chi connectivity index (χ3n) is 3.21. The number of thiophene rings is 1. The van der Waals surface area contributed by atoms with Crippen molar-refractivity contribution in [1.29, 1.82) is 0 Å². The van der Waals surface area contributed by atoms with E-state index < -0.39 is 0 Å². The maximum absolute atomic E-state index is 12.1. The molecule has 1 saturated heterocycles. The van der Waals surface area contributed by atoms with E-state index in [2.05, 4.69) is 10.2 Å². The van der Waals surface area contributed by atoms with E-state index in [9.17, 15) is 4.79 Å². The molecule has 0 radical (unpaired) electrons. The summed E-state index contributed by atoms with van der Waals surface area (Å²) in [5.74, 6) is 0.197. The molecule has 3 heterocycles. The van der Waals surface area contributed by atoms with Gasteiger partial charge in [0.15, 0.2) is 0 Å². The van der Waals surface area contributed by atoms with Crippen LogP contribution in [0.3, 0.4) is 0 Å². The highest BCUT2D eigenvalue weighted by molar-refractivity contribution is 7.07. The first-order valence-electron chi connectivity index (χ1n) is 5.97. The molecule has 0 spiro atoms. The van der Waals surface area contributed by atoms with Gasteiger partial charge in [-0.05, 0) is 28.8 Å². The second-order valence-corrected chi connectivity index (χ2v) is 5.22. The number of amides is 1. The molecule has 3 rings (SSSR count). The molecule has 2 aromatic rings. The Morgan fingerprint density at radius 1 is 1.44 bits per heavy atom. The first-order chi connectivity index (χ1) is 8.83. The Morgan fingerprint density at radius 2 is 2.28 bits per heavy atom. The summed E-state index contributed by atoms with van der Waals surface area (Å²) >= 11 is 1.63. The molecule has 18 heavy (non-hydrogen) atoms. The van der Waals surface area contributed by atoms with Crippen molar-refractivity contribution in [2.24, 2.45) is 0 Å². The molecule has 1 atom stereocenters. The Labute approximate surface area is 109 Å². The molecule has 1 aliphatic heterocycles. The fraction of sp³-hybridized carbons (Fsp3) is 0.417. The number of carbonyl (C=O) groups excluding carboxylic acids is 1. The molecule has 6 heteroatoms. The van der Waals surface area contributed by atoms with Crippen LogP contribution < -0.4 is 0 Å². The van der Waals surface area contributed by atoms with Crippen molar-refractivity contribution >= 4 is 17.2 Å². The molecule has 94 valence electrons. The minimum atomic E-state index is 0.197. The predicted molar refractivity (Wildman–Crippen MR) is 68.3 cm³/mol. The number of likely N-dealkylation sites (tertiary alicyclic amines) is 1. The lowest BCUT2D eigenvalue weighted by Crippen LogP contribution is -2.30. The molecule has 0 aromatic carbocycles. The minimum absolute atomic E-state index is 0.197. The average molecular weight is 262 g/mol. The van der Waals surface area contributed by atoms with Crippen LogP contribution in [0.4, 0.5) is 0 Å². The molecular weight excluding hydrogens is 248 g/mol. The van der Waals surface area contributed by atoms with Crippen molar-refractivity contribution in [2.45, 2.75) is 18.9 Å². The van der Waals surface area contributed by atoms with Gasteiger partial charge in [0.2, 0.25) is 5.91 Å². The topological polar surface area (TPSA) is 51.0 Å². The highest BCUT2D eigenvalue weighted by Crippen LogP contribution is 2.20. The second kappa shape index (κ2) is 4.89.